The lowest BCUT2D eigenvalue weighted by molar-refractivity contribution is 0.00673. The third-order valence-corrected chi connectivity index (χ3v) is 6.12. The van der Waals surface area contributed by atoms with Crippen LogP contribution in [0.4, 0.5) is 0 Å². The standard InChI is InChI=1S/C22H31N3O2/c1-15(2)21(25-9-11-27-12-10-25)14-23-22(26)16-7-8-20-18(13-16)17-5-3-4-6-19(17)24-20/h7-8,13,15,21,24H,3-6,9-12,14H2,1-2H3,(H,23,26). The fourth-order valence-corrected chi connectivity index (χ4v) is 4.54. The molecule has 1 aliphatic heterocycles. The van der Waals surface area contributed by atoms with Crippen LogP contribution in [-0.2, 0) is 17.6 Å². The first-order valence-electron chi connectivity index (χ1n) is 10.4. The zero-order chi connectivity index (χ0) is 18.8. The van der Waals surface area contributed by atoms with Crippen LogP contribution >= 0.6 is 0 Å². The van der Waals surface area contributed by atoms with E-state index < -0.39 is 0 Å². The smallest absolute Gasteiger partial charge is 0.251 e. The number of aromatic nitrogens is 1. The molecule has 4 rings (SSSR count). The van der Waals surface area contributed by atoms with Gasteiger partial charge < -0.3 is 15.0 Å². The molecular weight excluding hydrogens is 338 g/mol. The fourth-order valence-electron chi connectivity index (χ4n) is 4.54. The van der Waals surface area contributed by atoms with Crippen LogP contribution in [0.5, 0.6) is 0 Å². The Morgan fingerprint density at radius 3 is 2.78 bits per heavy atom. The number of aromatic amines is 1. The highest BCUT2D eigenvalue weighted by atomic mass is 16.5. The summed E-state index contributed by atoms with van der Waals surface area (Å²) in [7, 11) is 0. The second kappa shape index (κ2) is 8.03. The van der Waals surface area contributed by atoms with Crippen molar-refractivity contribution in [2.45, 2.75) is 45.6 Å². The molecule has 2 aromatic rings. The molecule has 1 aliphatic carbocycles. The normalized spacial score (nSPS) is 19.2. The SMILES string of the molecule is CC(C)C(CNC(=O)c1ccc2[nH]c3c(c2c1)CCCC3)N1CCOCC1. The quantitative estimate of drug-likeness (QED) is 0.851. The van der Waals surface area contributed by atoms with Gasteiger partial charge in [-0.1, -0.05) is 13.8 Å². The number of hydrogen-bond acceptors (Lipinski definition) is 3. The predicted molar refractivity (Wildman–Crippen MR) is 108 cm³/mol. The number of nitrogens with zero attached hydrogens (tertiary/aromatic N) is 1. The Morgan fingerprint density at radius 1 is 1.22 bits per heavy atom. The van der Waals surface area contributed by atoms with Crippen molar-refractivity contribution in [3.63, 3.8) is 0 Å². The van der Waals surface area contributed by atoms with Gasteiger partial charge in [0.15, 0.2) is 0 Å². The highest BCUT2D eigenvalue weighted by molar-refractivity contribution is 5.99. The highest BCUT2D eigenvalue weighted by Gasteiger charge is 2.24. The van der Waals surface area contributed by atoms with Crippen molar-refractivity contribution in [2.75, 3.05) is 32.8 Å². The van der Waals surface area contributed by atoms with Gasteiger partial charge in [-0.15, -0.1) is 0 Å². The number of ether oxygens (including phenoxy) is 1. The van der Waals surface area contributed by atoms with Crippen LogP contribution in [0.15, 0.2) is 18.2 Å². The molecule has 0 saturated carbocycles. The molecule has 0 bridgehead atoms. The van der Waals surface area contributed by atoms with Crippen LogP contribution in [0.3, 0.4) is 0 Å². The number of nitrogens with one attached hydrogen (secondary N) is 2. The molecular formula is C22H31N3O2. The number of H-pyrrole nitrogens is 1. The van der Waals surface area contributed by atoms with Gasteiger partial charge in [0.05, 0.1) is 13.2 Å². The minimum atomic E-state index is 0.0292. The van der Waals surface area contributed by atoms with Crippen molar-refractivity contribution in [1.29, 1.82) is 0 Å². The number of aryl methyl sites for hydroxylation is 2. The first kappa shape index (κ1) is 18.5. The Hall–Kier alpha value is -1.85. The number of benzene rings is 1. The molecule has 1 amide bonds. The number of carbonyl (C=O) groups is 1. The van der Waals surface area contributed by atoms with Crippen molar-refractivity contribution in [2.24, 2.45) is 5.92 Å². The van der Waals surface area contributed by atoms with E-state index in [0.29, 0.717) is 18.5 Å². The maximum Gasteiger partial charge on any atom is 0.251 e. The Labute approximate surface area is 161 Å². The molecule has 146 valence electrons. The predicted octanol–water partition coefficient (Wildman–Crippen LogP) is 3.13. The molecule has 2 N–H and O–H groups in total. The van der Waals surface area contributed by atoms with Crippen LogP contribution < -0.4 is 5.32 Å². The van der Waals surface area contributed by atoms with E-state index >= 15 is 0 Å². The number of hydrogen-bond donors (Lipinski definition) is 2. The van der Waals surface area contributed by atoms with Crippen molar-refractivity contribution < 1.29 is 9.53 Å². The van der Waals surface area contributed by atoms with Crippen LogP contribution in [0.2, 0.25) is 0 Å². The van der Waals surface area contributed by atoms with E-state index in [2.05, 4.69) is 41.2 Å². The minimum Gasteiger partial charge on any atom is -0.379 e. The number of morpholine rings is 1. The molecule has 0 spiro atoms. The molecule has 1 fully saturated rings. The lowest BCUT2D eigenvalue weighted by atomic mass is 9.95. The molecule has 1 aromatic heterocycles. The molecule has 27 heavy (non-hydrogen) atoms. The molecule has 2 aliphatic rings. The molecule has 1 saturated heterocycles. The summed E-state index contributed by atoms with van der Waals surface area (Å²) in [5.41, 5.74) is 4.70. The molecule has 1 unspecified atom stereocenters. The molecule has 1 atom stereocenters. The minimum absolute atomic E-state index is 0.0292. The van der Waals surface area contributed by atoms with Gasteiger partial charge in [0.25, 0.3) is 5.91 Å². The summed E-state index contributed by atoms with van der Waals surface area (Å²) >= 11 is 0. The van der Waals surface area contributed by atoms with E-state index in [1.807, 2.05) is 6.07 Å². The Balaban J connectivity index is 1.47. The maximum atomic E-state index is 12.8. The summed E-state index contributed by atoms with van der Waals surface area (Å²) in [4.78, 5) is 18.8. The van der Waals surface area contributed by atoms with Gasteiger partial charge in [-0.25, -0.2) is 0 Å². The van der Waals surface area contributed by atoms with Gasteiger partial charge in [-0.3, -0.25) is 9.69 Å². The average molecular weight is 370 g/mol. The van der Waals surface area contributed by atoms with Crippen molar-refractivity contribution in [1.82, 2.24) is 15.2 Å². The highest BCUT2D eigenvalue weighted by Crippen LogP contribution is 2.29. The third kappa shape index (κ3) is 3.90. The van der Waals surface area contributed by atoms with Crippen molar-refractivity contribution in [3.05, 3.63) is 35.0 Å². The van der Waals surface area contributed by atoms with Crippen LogP contribution in [0.25, 0.3) is 10.9 Å². The van der Waals surface area contributed by atoms with E-state index in [4.69, 9.17) is 4.74 Å². The molecule has 5 heteroatoms. The van der Waals surface area contributed by atoms with Crippen molar-refractivity contribution in [3.8, 4) is 0 Å². The Morgan fingerprint density at radius 2 is 2.00 bits per heavy atom. The summed E-state index contributed by atoms with van der Waals surface area (Å²) in [5, 5.41) is 4.41. The molecule has 1 aromatic carbocycles. The summed E-state index contributed by atoms with van der Waals surface area (Å²) in [6, 6.07) is 6.43. The zero-order valence-electron chi connectivity index (χ0n) is 16.5. The fraction of sp³-hybridized carbons (Fsp3) is 0.591. The van der Waals surface area contributed by atoms with Gasteiger partial charge in [-0.05, 0) is 55.4 Å². The van der Waals surface area contributed by atoms with Crippen LogP contribution in [0, 0.1) is 5.92 Å². The number of amides is 1. The lowest BCUT2D eigenvalue weighted by Gasteiger charge is -2.36. The molecule has 2 heterocycles. The van der Waals surface area contributed by atoms with E-state index in [0.717, 1.165) is 50.2 Å². The van der Waals surface area contributed by atoms with Crippen LogP contribution in [0.1, 0.15) is 48.3 Å². The number of fused-ring (bicyclic) bond motifs is 3. The van der Waals surface area contributed by atoms with E-state index in [1.165, 1.54) is 29.5 Å². The first-order chi connectivity index (χ1) is 13.1. The number of carbonyl (C=O) groups excluding carboxylic acids is 1. The summed E-state index contributed by atoms with van der Waals surface area (Å²) in [5.74, 6) is 0.518. The second-order valence-electron chi connectivity index (χ2n) is 8.22. The van der Waals surface area contributed by atoms with Gasteiger partial charge in [0, 0.05) is 47.8 Å². The van der Waals surface area contributed by atoms with Crippen molar-refractivity contribution >= 4 is 16.8 Å². The molecule has 5 nitrogen and oxygen atoms in total. The first-order valence-corrected chi connectivity index (χ1v) is 10.4. The van der Waals surface area contributed by atoms with Gasteiger partial charge in [0.1, 0.15) is 0 Å². The third-order valence-electron chi connectivity index (χ3n) is 6.12. The topological polar surface area (TPSA) is 57.4 Å². The van der Waals surface area contributed by atoms with E-state index in [9.17, 15) is 4.79 Å². The number of rotatable bonds is 5. The summed E-state index contributed by atoms with van der Waals surface area (Å²) in [6.07, 6.45) is 4.74. The maximum absolute atomic E-state index is 12.8. The van der Waals surface area contributed by atoms with Gasteiger partial charge >= 0.3 is 0 Å². The van der Waals surface area contributed by atoms with Crippen LogP contribution in [-0.4, -0.2) is 54.7 Å². The van der Waals surface area contributed by atoms with Gasteiger partial charge in [-0.2, -0.15) is 0 Å². The van der Waals surface area contributed by atoms with E-state index in [-0.39, 0.29) is 5.91 Å². The monoisotopic (exact) mass is 369 g/mol. The largest absolute Gasteiger partial charge is 0.379 e. The zero-order valence-corrected chi connectivity index (χ0v) is 16.5. The second-order valence-corrected chi connectivity index (χ2v) is 8.22. The van der Waals surface area contributed by atoms with E-state index in [1.54, 1.807) is 0 Å². The Bertz CT molecular complexity index is 805. The van der Waals surface area contributed by atoms with Gasteiger partial charge in [0.2, 0.25) is 0 Å². The molecule has 0 radical (unpaired) electrons. The summed E-state index contributed by atoms with van der Waals surface area (Å²) < 4.78 is 5.47. The average Bonchev–Trinajstić information content (AvgIpc) is 3.06. The lowest BCUT2D eigenvalue weighted by Crippen LogP contribution is -2.51. The summed E-state index contributed by atoms with van der Waals surface area (Å²) in [6.45, 7) is 8.59. The Kier molecular flexibility index (Phi) is 5.50.